The van der Waals surface area contributed by atoms with E-state index < -0.39 is 0 Å². The molecule has 0 N–H and O–H groups in total. The van der Waals surface area contributed by atoms with Crippen LogP contribution in [0.5, 0.6) is 0 Å². The topological polar surface area (TPSA) is 30.7 Å². The van der Waals surface area contributed by atoms with Gasteiger partial charge < -0.3 is 0 Å². The van der Waals surface area contributed by atoms with Crippen molar-refractivity contribution in [3.05, 3.63) is 22.4 Å². The molecule has 0 amide bonds. The number of nitrogens with zero attached hydrogens (tertiary/aromatic N) is 3. The van der Waals surface area contributed by atoms with Crippen molar-refractivity contribution >= 4 is 27.0 Å². The van der Waals surface area contributed by atoms with E-state index in [2.05, 4.69) is 26.2 Å². The van der Waals surface area contributed by atoms with Gasteiger partial charge in [-0.25, -0.2) is 9.07 Å². The maximum atomic E-state index is 13.4. The number of hydrogen-bond donors (Lipinski definition) is 0. The van der Waals surface area contributed by atoms with Crippen LogP contribution in [0.15, 0.2) is 16.6 Å². The van der Waals surface area contributed by atoms with Gasteiger partial charge in [0.1, 0.15) is 5.52 Å². The van der Waals surface area contributed by atoms with Crippen molar-refractivity contribution in [2.24, 2.45) is 0 Å². The SMILES string of the molecule is CCn1nnc2c(F)c(Br)ccc21. The average Bonchev–Trinajstić information content (AvgIpc) is 2.55. The summed E-state index contributed by atoms with van der Waals surface area (Å²) in [6, 6.07) is 3.46. The summed E-state index contributed by atoms with van der Waals surface area (Å²) in [4.78, 5) is 0. The van der Waals surface area contributed by atoms with Crippen LogP contribution in [-0.2, 0) is 6.54 Å². The number of aryl methyl sites for hydroxylation is 1. The van der Waals surface area contributed by atoms with Crippen LogP contribution in [0.4, 0.5) is 4.39 Å². The molecule has 2 aromatic rings. The van der Waals surface area contributed by atoms with Crippen molar-refractivity contribution in [1.82, 2.24) is 15.0 Å². The molecular weight excluding hydrogens is 237 g/mol. The first kappa shape index (κ1) is 8.62. The minimum Gasteiger partial charge on any atom is -0.245 e. The molecule has 0 aliphatic carbocycles. The first-order valence-corrected chi connectivity index (χ1v) is 4.70. The van der Waals surface area contributed by atoms with Gasteiger partial charge in [0.05, 0.1) is 9.99 Å². The molecule has 1 aromatic heterocycles. The highest BCUT2D eigenvalue weighted by Gasteiger charge is 2.10. The maximum Gasteiger partial charge on any atom is 0.167 e. The van der Waals surface area contributed by atoms with Crippen LogP contribution in [0.3, 0.4) is 0 Å². The molecule has 0 radical (unpaired) electrons. The Bertz CT molecular complexity index is 452. The molecule has 0 atom stereocenters. The van der Waals surface area contributed by atoms with E-state index in [0.29, 0.717) is 16.5 Å². The van der Waals surface area contributed by atoms with E-state index in [0.717, 1.165) is 5.52 Å². The Hall–Kier alpha value is -0.970. The number of hydrogen-bond acceptors (Lipinski definition) is 2. The first-order valence-electron chi connectivity index (χ1n) is 3.91. The number of halogens is 2. The molecular formula is C8H7BrFN3. The zero-order valence-corrected chi connectivity index (χ0v) is 8.55. The lowest BCUT2D eigenvalue weighted by atomic mass is 10.3. The summed E-state index contributed by atoms with van der Waals surface area (Å²) in [5.74, 6) is -0.350. The van der Waals surface area contributed by atoms with Gasteiger partial charge in [0, 0.05) is 6.54 Å². The lowest BCUT2D eigenvalue weighted by Crippen LogP contribution is -1.95. The fraction of sp³-hybridized carbons (Fsp3) is 0.250. The zero-order chi connectivity index (χ0) is 9.42. The molecule has 0 aliphatic rings. The summed E-state index contributed by atoms with van der Waals surface area (Å²) in [7, 11) is 0. The summed E-state index contributed by atoms with van der Waals surface area (Å²) in [6.45, 7) is 2.63. The van der Waals surface area contributed by atoms with E-state index in [1.807, 2.05) is 6.92 Å². The Morgan fingerprint density at radius 2 is 2.31 bits per heavy atom. The van der Waals surface area contributed by atoms with Crippen LogP contribution in [-0.4, -0.2) is 15.0 Å². The first-order chi connectivity index (χ1) is 6.24. The molecule has 0 bridgehead atoms. The maximum absolute atomic E-state index is 13.4. The molecule has 2 rings (SSSR count). The predicted octanol–water partition coefficient (Wildman–Crippen LogP) is 2.35. The highest BCUT2D eigenvalue weighted by molar-refractivity contribution is 9.10. The molecule has 0 aliphatic heterocycles. The van der Waals surface area contributed by atoms with Crippen LogP contribution >= 0.6 is 15.9 Å². The number of rotatable bonds is 1. The van der Waals surface area contributed by atoms with Gasteiger partial charge in [-0.15, -0.1) is 5.10 Å². The molecule has 0 unspecified atom stereocenters. The third kappa shape index (κ3) is 1.23. The predicted molar refractivity (Wildman–Crippen MR) is 50.9 cm³/mol. The smallest absolute Gasteiger partial charge is 0.167 e. The molecule has 0 fully saturated rings. The minimum absolute atomic E-state index is 0.316. The third-order valence-corrected chi connectivity index (χ3v) is 2.49. The normalized spacial score (nSPS) is 11.0. The summed E-state index contributed by atoms with van der Waals surface area (Å²) in [5, 5.41) is 7.58. The largest absolute Gasteiger partial charge is 0.245 e. The Morgan fingerprint density at radius 3 is 3.00 bits per heavy atom. The Labute approximate surface area is 82.7 Å². The Kier molecular flexibility index (Phi) is 2.03. The highest BCUT2D eigenvalue weighted by atomic mass is 79.9. The fourth-order valence-electron chi connectivity index (χ4n) is 1.21. The van der Waals surface area contributed by atoms with E-state index in [4.69, 9.17) is 0 Å². The van der Waals surface area contributed by atoms with Crippen molar-refractivity contribution in [1.29, 1.82) is 0 Å². The Balaban J connectivity index is 2.81. The molecule has 0 saturated carbocycles. The molecule has 3 nitrogen and oxygen atoms in total. The van der Waals surface area contributed by atoms with Gasteiger partial charge in [-0.2, -0.15) is 0 Å². The Morgan fingerprint density at radius 1 is 1.54 bits per heavy atom. The monoisotopic (exact) mass is 243 g/mol. The van der Waals surface area contributed by atoms with Crippen molar-refractivity contribution in [2.45, 2.75) is 13.5 Å². The zero-order valence-electron chi connectivity index (χ0n) is 6.96. The van der Waals surface area contributed by atoms with Gasteiger partial charge in [-0.05, 0) is 35.0 Å². The van der Waals surface area contributed by atoms with Gasteiger partial charge in [0.15, 0.2) is 5.82 Å². The molecule has 5 heteroatoms. The number of aromatic nitrogens is 3. The molecule has 1 heterocycles. The van der Waals surface area contributed by atoms with Crippen LogP contribution in [0.2, 0.25) is 0 Å². The second-order valence-electron chi connectivity index (χ2n) is 2.63. The third-order valence-electron chi connectivity index (χ3n) is 1.88. The lowest BCUT2D eigenvalue weighted by Gasteiger charge is -1.97. The van der Waals surface area contributed by atoms with Crippen molar-refractivity contribution in [2.75, 3.05) is 0 Å². The van der Waals surface area contributed by atoms with Gasteiger partial charge in [-0.1, -0.05) is 5.21 Å². The lowest BCUT2D eigenvalue weighted by molar-refractivity contribution is 0.628. The molecule has 1 aromatic carbocycles. The summed E-state index contributed by atoms with van der Waals surface area (Å²) in [5.41, 5.74) is 1.04. The number of benzene rings is 1. The summed E-state index contributed by atoms with van der Waals surface area (Å²) < 4.78 is 15.5. The summed E-state index contributed by atoms with van der Waals surface area (Å²) in [6.07, 6.45) is 0. The van der Waals surface area contributed by atoms with Gasteiger partial charge in [0.2, 0.25) is 0 Å². The van der Waals surface area contributed by atoms with Gasteiger partial charge in [0.25, 0.3) is 0 Å². The van der Waals surface area contributed by atoms with Crippen LogP contribution in [0, 0.1) is 5.82 Å². The van der Waals surface area contributed by atoms with E-state index in [1.165, 1.54) is 0 Å². The molecule has 0 spiro atoms. The quantitative estimate of drug-likeness (QED) is 0.770. The number of fused-ring (bicyclic) bond motifs is 1. The van der Waals surface area contributed by atoms with Gasteiger partial charge >= 0.3 is 0 Å². The van der Waals surface area contributed by atoms with Crippen molar-refractivity contribution in [3.8, 4) is 0 Å². The van der Waals surface area contributed by atoms with E-state index in [-0.39, 0.29) is 5.82 Å². The molecule has 68 valence electrons. The molecule has 13 heavy (non-hydrogen) atoms. The van der Waals surface area contributed by atoms with E-state index in [1.54, 1.807) is 16.8 Å². The second-order valence-corrected chi connectivity index (χ2v) is 3.49. The highest BCUT2D eigenvalue weighted by Crippen LogP contribution is 2.22. The van der Waals surface area contributed by atoms with Gasteiger partial charge in [-0.3, -0.25) is 0 Å². The van der Waals surface area contributed by atoms with Crippen LogP contribution in [0.1, 0.15) is 6.92 Å². The van der Waals surface area contributed by atoms with Crippen LogP contribution in [0.25, 0.3) is 11.0 Å². The minimum atomic E-state index is -0.350. The fourth-order valence-corrected chi connectivity index (χ4v) is 1.53. The van der Waals surface area contributed by atoms with Crippen molar-refractivity contribution < 1.29 is 4.39 Å². The standard InChI is InChI=1S/C8H7BrFN3/c1-2-13-6-4-3-5(9)7(10)8(6)11-12-13/h3-4H,2H2,1H3. The molecule has 0 saturated heterocycles. The second kappa shape index (κ2) is 3.06. The van der Waals surface area contributed by atoms with Crippen molar-refractivity contribution in [3.63, 3.8) is 0 Å². The average molecular weight is 244 g/mol. The van der Waals surface area contributed by atoms with E-state index in [9.17, 15) is 4.39 Å². The van der Waals surface area contributed by atoms with E-state index >= 15 is 0 Å². The summed E-state index contributed by atoms with van der Waals surface area (Å²) >= 11 is 3.10. The van der Waals surface area contributed by atoms with Crippen LogP contribution < -0.4 is 0 Å².